The lowest BCUT2D eigenvalue weighted by atomic mass is 9.95. The van der Waals surface area contributed by atoms with Gasteiger partial charge in [-0.15, -0.1) is 0 Å². The van der Waals surface area contributed by atoms with Gasteiger partial charge in [-0.1, -0.05) is 18.2 Å². The van der Waals surface area contributed by atoms with E-state index in [9.17, 15) is 9.59 Å². The minimum absolute atomic E-state index is 0.00109. The average molecular weight is 460 g/mol. The minimum Gasteiger partial charge on any atom is -0.493 e. The number of amides is 2. The van der Waals surface area contributed by atoms with Crippen LogP contribution in [0.4, 0.5) is 5.69 Å². The first-order valence-corrected chi connectivity index (χ1v) is 11.9. The van der Waals surface area contributed by atoms with Crippen LogP contribution in [-0.2, 0) is 9.59 Å². The molecule has 0 atom stereocenters. The van der Waals surface area contributed by atoms with E-state index >= 15 is 0 Å². The van der Waals surface area contributed by atoms with Gasteiger partial charge >= 0.3 is 0 Å². The molecule has 34 heavy (non-hydrogen) atoms. The molecule has 1 aliphatic carbocycles. The number of benzene rings is 2. The van der Waals surface area contributed by atoms with Gasteiger partial charge in [0.25, 0.3) is 0 Å². The molecule has 5 rings (SSSR count). The number of carbonyl (C=O) groups is 2. The third-order valence-electron chi connectivity index (χ3n) is 6.42. The van der Waals surface area contributed by atoms with Crippen molar-refractivity contribution in [3.8, 4) is 17.1 Å². The number of aromatic nitrogens is 3. The highest BCUT2D eigenvalue weighted by Crippen LogP contribution is 2.38. The van der Waals surface area contributed by atoms with Crippen LogP contribution in [0.15, 0.2) is 54.6 Å². The summed E-state index contributed by atoms with van der Waals surface area (Å²) in [4.78, 5) is 31.6. The van der Waals surface area contributed by atoms with Crippen LogP contribution in [0.5, 0.6) is 5.75 Å². The van der Waals surface area contributed by atoms with E-state index in [-0.39, 0.29) is 17.7 Å². The molecule has 2 aromatic carbocycles. The highest BCUT2D eigenvalue weighted by molar-refractivity contribution is 5.93. The molecule has 2 aliphatic rings. The number of nitrogens with one attached hydrogen (secondary N) is 2. The van der Waals surface area contributed by atoms with Gasteiger partial charge in [0, 0.05) is 36.2 Å². The molecule has 3 aromatic rings. The highest BCUT2D eigenvalue weighted by atomic mass is 16.5. The topological polar surface area (TPSA) is 100 Å². The maximum atomic E-state index is 12.7. The lowest BCUT2D eigenvalue weighted by Gasteiger charge is -2.31. The number of rotatable bonds is 8. The van der Waals surface area contributed by atoms with Crippen molar-refractivity contribution in [2.24, 2.45) is 5.92 Å². The summed E-state index contributed by atoms with van der Waals surface area (Å²) in [5.74, 6) is 2.92. The molecule has 1 saturated carbocycles. The highest BCUT2D eigenvalue weighted by Gasteiger charge is 2.28. The second kappa shape index (κ2) is 10.1. The number of para-hydroxylation sites is 1. The Labute approximate surface area is 198 Å². The Morgan fingerprint density at radius 2 is 1.74 bits per heavy atom. The van der Waals surface area contributed by atoms with Gasteiger partial charge in [0.2, 0.25) is 11.8 Å². The van der Waals surface area contributed by atoms with Gasteiger partial charge in [0.1, 0.15) is 11.6 Å². The molecule has 8 heteroatoms. The molecule has 2 amide bonds. The van der Waals surface area contributed by atoms with Crippen molar-refractivity contribution >= 4 is 17.5 Å². The number of anilines is 1. The van der Waals surface area contributed by atoms with Crippen LogP contribution < -0.4 is 10.1 Å². The van der Waals surface area contributed by atoms with Gasteiger partial charge in [0.15, 0.2) is 5.82 Å². The lowest BCUT2D eigenvalue weighted by molar-refractivity contribution is -0.135. The van der Waals surface area contributed by atoms with Crippen molar-refractivity contribution in [2.45, 2.75) is 38.0 Å². The first kappa shape index (κ1) is 22.1. The van der Waals surface area contributed by atoms with Crippen LogP contribution in [0.2, 0.25) is 0 Å². The minimum atomic E-state index is -0.0987. The predicted octanol–water partition coefficient (Wildman–Crippen LogP) is 4.00. The smallest absolute Gasteiger partial charge is 0.227 e. The van der Waals surface area contributed by atoms with Crippen molar-refractivity contribution in [3.05, 3.63) is 60.4 Å². The predicted molar refractivity (Wildman–Crippen MR) is 128 cm³/mol. The number of hydrogen-bond acceptors (Lipinski definition) is 5. The number of aromatic amines is 1. The molecule has 0 radical (unpaired) electrons. The SMILES string of the molecule is O=C(Nc1ccc(-c2n[nH]c(C3CC3)n2)cc1)C1CCN(C(=O)CCOc2ccccc2)CC1. The molecular weight excluding hydrogens is 430 g/mol. The van der Waals surface area contributed by atoms with E-state index < -0.39 is 0 Å². The molecule has 1 aromatic heterocycles. The fourth-order valence-corrected chi connectivity index (χ4v) is 4.21. The molecule has 0 spiro atoms. The van der Waals surface area contributed by atoms with Crippen molar-refractivity contribution in [2.75, 3.05) is 25.0 Å². The third kappa shape index (κ3) is 5.44. The molecule has 1 aliphatic heterocycles. The summed E-state index contributed by atoms with van der Waals surface area (Å²) in [7, 11) is 0. The van der Waals surface area contributed by atoms with Crippen LogP contribution in [-0.4, -0.2) is 51.6 Å². The van der Waals surface area contributed by atoms with Crippen molar-refractivity contribution in [1.82, 2.24) is 20.1 Å². The van der Waals surface area contributed by atoms with E-state index in [2.05, 4.69) is 20.5 Å². The Kier molecular flexibility index (Phi) is 6.56. The largest absolute Gasteiger partial charge is 0.493 e. The zero-order valence-corrected chi connectivity index (χ0v) is 19.1. The van der Waals surface area contributed by atoms with E-state index in [0.29, 0.717) is 50.7 Å². The van der Waals surface area contributed by atoms with Gasteiger partial charge in [-0.2, -0.15) is 5.10 Å². The number of H-pyrrole nitrogens is 1. The van der Waals surface area contributed by atoms with E-state index in [0.717, 1.165) is 22.8 Å². The molecule has 2 fully saturated rings. The Morgan fingerprint density at radius 3 is 2.44 bits per heavy atom. The summed E-state index contributed by atoms with van der Waals surface area (Å²) in [6.07, 6.45) is 4.02. The Morgan fingerprint density at radius 1 is 1.00 bits per heavy atom. The van der Waals surface area contributed by atoms with E-state index in [1.165, 1.54) is 12.8 Å². The number of piperidine rings is 1. The Balaban J connectivity index is 1.06. The average Bonchev–Trinajstić information content (AvgIpc) is 3.61. The molecule has 1 saturated heterocycles. The maximum absolute atomic E-state index is 12.7. The number of nitrogens with zero attached hydrogens (tertiary/aromatic N) is 3. The fourth-order valence-electron chi connectivity index (χ4n) is 4.21. The van der Waals surface area contributed by atoms with Gasteiger partial charge in [-0.3, -0.25) is 14.7 Å². The van der Waals surface area contributed by atoms with Crippen molar-refractivity contribution < 1.29 is 14.3 Å². The number of carbonyl (C=O) groups excluding carboxylic acids is 2. The van der Waals surface area contributed by atoms with Crippen LogP contribution in [0, 0.1) is 5.92 Å². The van der Waals surface area contributed by atoms with Crippen LogP contribution in [0.1, 0.15) is 43.8 Å². The maximum Gasteiger partial charge on any atom is 0.227 e. The van der Waals surface area contributed by atoms with Crippen molar-refractivity contribution in [3.63, 3.8) is 0 Å². The zero-order chi connectivity index (χ0) is 23.3. The first-order valence-electron chi connectivity index (χ1n) is 11.9. The van der Waals surface area contributed by atoms with Gasteiger partial charge in [-0.05, 0) is 62.1 Å². The summed E-state index contributed by atoms with van der Waals surface area (Å²) in [6.45, 7) is 1.54. The van der Waals surface area contributed by atoms with E-state index in [1.54, 1.807) is 0 Å². The molecule has 0 bridgehead atoms. The molecule has 2 heterocycles. The Hall–Kier alpha value is -3.68. The van der Waals surface area contributed by atoms with Gasteiger partial charge in [-0.25, -0.2) is 4.98 Å². The van der Waals surface area contributed by atoms with Crippen LogP contribution in [0.25, 0.3) is 11.4 Å². The quantitative estimate of drug-likeness (QED) is 0.530. The normalized spacial score (nSPS) is 16.3. The third-order valence-corrected chi connectivity index (χ3v) is 6.42. The standard InChI is InChI=1S/C26H29N5O3/c32-23(14-17-34-22-4-2-1-3-5-22)31-15-12-20(13-16-31)26(33)27-21-10-8-19(9-11-21)25-28-24(29-30-25)18-6-7-18/h1-5,8-11,18,20H,6-7,12-17H2,(H,27,33)(H,28,29,30). The number of ether oxygens (including phenoxy) is 1. The molecule has 176 valence electrons. The first-order chi connectivity index (χ1) is 16.7. The summed E-state index contributed by atoms with van der Waals surface area (Å²) >= 11 is 0. The van der Waals surface area contributed by atoms with E-state index in [4.69, 9.17) is 4.74 Å². The zero-order valence-electron chi connectivity index (χ0n) is 19.1. The van der Waals surface area contributed by atoms with Gasteiger partial charge < -0.3 is 15.0 Å². The van der Waals surface area contributed by atoms with Crippen LogP contribution >= 0.6 is 0 Å². The lowest BCUT2D eigenvalue weighted by Crippen LogP contribution is -2.41. The van der Waals surface area contributed by atoms with Crippen LogP contribution in [0.3, 0.4) is 0 Å². The fraction of sp³-hybridized carbons (Fsp3) is 0.385. The summed E-state index contributed by atoms with van der Waals surface area (Å²) in [5.41, 5.74) is 1.67. The van der Waals surface area contributed by atoms with Gasteiger partial charge in [0.05, 0.1) is 13.0 Å². The summed E-state index contributed by atoms with van der Waals surface area (Å²) in [5, 5.41) is 10.3. The number of hydrogen-bond donors (Lipinski definition) is 2. The monoisotopic (exact) mass is 459 g/mol. The second-order valence-electron chi connectivity index (χ2n) is 8.95. The summed E-state index contributed by atoms with van der Waals surface area (Å²) < 4.78 is 5.62. The molecule has 0 unspecified atom stereocenters. The summed E-state index contributed by atoms with van der Waals surface area (Å²) in [6, 6.07) is 17.1. The molecular formula is C26H29N5O3. The molecule has 2 N–H and O–H groups in total. The molecule has 8 nitrogen and oxygen atoms in total. The van der Waals surface area contributed by atoms with E-state index in [1.807, 2.05) is 59.5 Å². The second-order valence-corrected chi connectivity index (χ2v) is 8.95. The number of likely N-dealkylation sites (tertiary alicyclic amines) is 1. The Bertz CT molecular complexity index is 1120. The van der Waals surface area contributed by atoms with Crippen molar-refractivity contribution in [1.29, 1.82) is 0 Å².